The molecule has 0 N–H and O–H groups in total. The normalized spacial score (nSPS) is 11.6. The van der Waals surface area contributed by atoms with Crippen LogP contribution in [0.5, 0.6) is 0 Å². The molecule has 0 bridgehead atoms. The Bertz CT molecular complexity index is 4660. The first kappa shape index (κ1) is 44.1. The lowest BCUT2D eigenvalue weighted by Gasteiger charge is -2.29. The fraction of sp³-hybridized carbons (Fsp3) is 0. The molecule has 0 saturated carbocycles. The van der Waals surface area contributed by atoms with Crippen LogP contribution in [0.25, 0.3) is 99.2 Å². The van der Waals surface area contributed by atoms with Gasteiger partial charge >= 0.3 is 0 Å². The maximum absolute atomic E-state index is 6.89. The predicted octanol–water partition coefficient (Wildman–Crippen LogP) is 19.4. The van der Waals surface area contributed by atoms with Gasteiger partial charge in [0.2, 0.25) is 0 Å². The molecule has 0 aliphatic heterocycles. The highest BCUT2D eigenvalue weighted by atomic mass is 16.3. The van der Waals surface area contributed by atoms with Crippen molar-refractivity contribution >= 4 is 99.7 Å². The maximum atomic E-state index is 6.89. The number of furan rings is 1. The molecule has 0 saturated heterocycles. The molecule has 0 aliphatic carbocycles. The van der Waals surface area contributed by atoms with E-state index in [1.54, 1.807) is 0 Å². The summed E-state index contributed by atoms with van der Waals surface area (Å²) in [6.45, 7) is 0. The smallest absolute Gasteiger partial charge is 0.160 e. The van der Waals surface area contributed by atoms with E-state index in [1.807, 2.05) is 24.5 Å². The average molecular weight is 986 g/mol. The van der Waals surface area contributed by atoms with Gasteiger partial charge in [-0.25, -0.2) is 0 Å². The fourth-order valence-electron chi connectivity index (χ4n) is 11.8. The van der Waals surface area contributed by atoms with Crippen molar-refractivity contribution in [1.29, 1.82) is 0 Å². The van der Waals surface area contributed by atoms with Gasteiger partial charge in [-0.15, -0.1) is 0 Å². The van der Waals surface area contributed by atoms with E-state index in [0.29, 0.717) is 0 Å². The van der Waals surface area contributed by atoms with E-state index < -0.39 is 0 Å². The summed E-state index contributed by atoms with van der Waals surface area (Å²) >= 11 is 0. The van der Waals surface area contributed by atoms with Crippen LogP contribution < -0.4 is 9.80 Å². The number of hydrogen-bond acceptors (Lipinski definition) is 4. The molecule has 0 atom stereocenters. The number of nitrogens with zero attached hydrogens (tertiary/aromatic N) is 5. The van der Waals surface area contributed by atoms with Crippen LogP contribution in [0.15, 0.2) is 290 Å². The molecule has 0 unspecified atom stereocenters. The van der Waals surface area contributed by atoms with Gasteiger partial charge in [0, 0.05) is 72.5 Å². The van der Waals surface area contributed by atoms with Crippen molar-refractivity contribution in [2.24, 2.45) is 0 Å². The standard InChI is InChI=1S/C71H47N5O/c1-4-18-48(19-5-1)49-33-37-54(38-34-49)76-66-31-16-30-65(69(66)62-44-43-61-60-27-12-15-32-68(60)77-71(61)70(62)76)75(56-24-17-45-72-47-56)63-28-13-10-25-57(63)50-35-39-53(40-36-50)73(51-20-6-2-7-21-51)55-41-42-59-58-26-11-14-29-64(58)74(67(59)46-55)52-22-8-3-9-23-52/h1-47H. The van der Waals surface area contributed by atoms with Gasteiger partial charge in [0.05, 0.1) is 45.3 Å². The summed E-state index contributed by atoms with van der Waals surface area (Å²) in [6, 6.07) is 97.8. The molecule has 11 aromatic carbocycles. The van der Waals surface area contributed by atoms with Crippen LogP contribution in [0.4, 0.5) is 34.1 Å². The minimum Gasteiger partial charge on any atom is -0.454 e. The highest BCUT2D eigenvalue weighted by molar-refractivity contribution is 6.25. The molecular formula is C71H47N5O. The van der Waals surface area contributed by atoms with Crippen molar-refractivity contribution in [3.05, 3.63) is 285 Å². The Morgan fingerprint density at radius 2 is 0.922 bits per heavy atom. The first-order valence-electron chi connectivity index (χ1n) is 26.1. The Morgan fingerprint density at radius 3 is 1.73 bits per heavy atom. The first-order chi connectivity index (χ1) is 38.2. The third-order valence-electron chi connectivity index (χ3n) is 15.2. The van der Waals surface area contributed by atoms with Crippen LogP contribution in [-0.2, 0) is 0 Å². The van der Waals surface area contributed by atoms with E-state index in [0.717, 1.165) is 111 Å². The second kappa shape index (κ2) is 18.2. The Labute approximate surface area is 444 Å². The Balaban J connectivity index is 0.896. The summed E-state index contributed by atoms with van der Waals surface area (Å²) in [6.07, 6.45) is 3.80. The molecular weight excluding hydrogens is 939 g/mol. The SMILES string of the molecule is c1ccc(-c2ccc(-n3c4cccc(N(c5cccnc5)c5ccccc5-c5ccc(N(c6ccccc6)c6ccc7c8ccccc8n(-c8ccccc8)c7c6)cc5)c4c4ccc5c6ccccc6oc5c43)cc2)cc1. The lowest BCUT2D eigenvalue weighted by Crippen LogP contribution is -2.12. The summed E-state index contributed by atoms with van der Waals surface area (Å²) in [5, 5.41) is 6.82. The van der Waals surface area contributed by atoms with Crippen LogP contribution in [0, 0.1) is 0 Å². The summed E-state index contributed by atoms with van der Waals surface area (Å²) in [7, 11) is 0. The highest BCUT2D eigenvalue weighted by Gasteiger charge is 2.26. The van der Waals surface area contributed by atoms with Gasteiger partial charge in [0.1, 0.15) is 5.58 Å². The zero-order valence-corrected chi connectivity index (χ0v) is 41.8. The van der Waals surface area contributed by atoms with E-state index in [4.69, 9.17) is 9.40 Å². The van der Waals surface area contributed by atoms with E-state index in [1.165, 1.54) is 21.9 Å². The minimum absolute atomic E-state index is 0.856. The highest BCUT2D eigenvalue weighted by Crippen LogP contribution is 2.49. The van der Waals surface area contributed by atoms with Crippen LogP contribution in [0.1, 0.15) is 0 Å². The van der Waals surface area contributed by atoms with Gasteiger partial charge in [-0.1, -0.05) is 164 Å². The first-order valence-corrected chi connectivity index (χ1v) is 26.1. The van der Waals surface area contributed by atoms with Gasteiger partial charge in [-0.2, -0.15) is 0 Å². The molecule has 0 aliphatic rings. The Hall–Kier alpha value is -10.4. The monoisotopic (exact) mass is 985 g/mol. The quantitative estimate of drug-likeness (QED) is 0.137. The second-order valence-corrected chi connectivity index (χ2v) is 19.5. The molecule has 6 heteroatoms. The van der Waals surface area contributed by atoms with Gasteiger partial charge in [0.15, 0.2) is 5.58 Å². The van der Waals surface area contributed by atoms with E-state index >= 15 is 0 Å². The fourth-order valence-corrected chi connectivity index (χ4v) is 11.8. The van der Waals surface area contributed by atoms with Gasteiger partial charge < -0.3 is 23.4 Å². The van der Waals surface area contributed by atoms with Crippen molar-refractivity contribution in [2.75, 3.05) is 9.80 Å². The maximum Gasteiger partial charge on any atom is 0.160 e. The minimum atomic E-state index is 0.856. The average Bonchev–Trinajstić information content (AvgIpc) is 4.21. The summed E-state index contributed by atoms with van der Waals surface area (Å²) in [5.41, 5.74) is 19.0. The Morgan fingerprint density at radius 1 is 0.338 bits per heavy atom. The lowest BCUT2D eigenvalue weighted by atomic mass is 10.00. The van der Waals surface area contributed by atoms with E-state index in [-0.39, 0.29) is 0 Å². The number of hydrogen-bond donors (Lipinski definition) is 0. The van der Waals surface area contributed by atoms with Crippen molar-refractivity contribution < 1.29 is 4.42 Å². The molecule has 15 rings (SSSR count). The number of anilines is 6. The largest absolute Gasteiger partial charge is 0.454 e. The van der Waals surface area contributed by atoms with Crippen molar-refractivity contribution in [3.8, 4) is 33.6 Å². The third-order valence-corrected chi connectivity index (χ3v) is 15.2. The zero-order chi connectivity index (χ0) is 50.8. The number of benzene rings is 11. The third kappa shape index (κ3) is 7.30. The summed E-state index contributed by atoms with van der Waals surface area (Å²) in [5.74, 6) is 0. The molecule has 0 radical (unpaired) electrons. The molecule has 6 nitrogen and oxygen atoms in total. The number of para-hydroxylation sites is 5. The van der Waals surface area contributed by atoms with Crippen LogP contribution in [0.2, 0.25) is 0 Å². The van der Waals surface area contributed by atoms with Crippen LogP contribution >= 0.6 is 0 Å². The van der Waals surface area contributed by atoms with E-state index in [9.17, 15) is 0 Å². The molecule has 4 heterocycles. The topological polar surface area (TPSA) is 42.4 Å². The molecule has 0 amide bonds. The molecule has 362 valence electrons. The van der Waals surface area contributed by atoms with Gasteiger partial charge in [-0.3, -0.25) is 4.98 Å². The number of rotatable bonds is 10. The predicted molar refractivity (Wildman–Crippen MR) is 320 cm³/mol. The molecule has 0 fully saturated rings. The molecule has 77 heavy (non-hydrogen) atoms. The van der Waals surface area contributed by atoms with Gasteiger partial charge in [0.25, 0.3) is 0 Å². The van der Waals surface area contributed by atoms with Crippen molar-refractivity contribution in [2.45, 2.75) is 0 Å². The number of fused-ring (bicyclic) bond motifs is 10. The number of aromatic nitrogens is 3. The van der Waals surface area contributed by atoms with E-state index in [2.05, 4.69) is 280 Å². The van der Waals surface area contributed by atoms with Crippen LogP contribution in [0.3, 0.4) is 0 Å². The van der Waals surface area contributed by atoms with Crippen molar-refractivity contribution in [3.63, 3.8) is 0 Å². The van der Waals surface area contributed by atoms with Gasteiger partial charge in [-0.05, 0) is 126 Å². The summed E-state index contributed by atoms with van der Waals surface area (Å²) in [4.78, 5) is 9.46. The second-order valence-electron chi connectivity index (χ2n) is 19.5. The molecule has 15 aromatic rings. The Kier molecular flexibility index (Phi) is 10.4. The van der Waals surface area contributed by atoms with Crippen molar-refractivity contribution in [1.82, 2.24) is 14.1 Å². The number of pyridine rings is 1. The molecule has 0 spiro atoms. The summed E-state index contributed by atoms with van der Waals surface area (Å²) < 4.78 is 11.7. The lowest BCUT2D eigenvalue weighted by molar-refractivity contribution is 0.671. The van der Waals surface area contributed by atoms with Crippen LogP contribution in [-0.4, -0.2) is 14.1 Å². The molecule has 4 aromatic heterocycles. The zero-order valence-electron chi connectivity index (χ0n) is 41.8.